The number of hydrogen-bond acceptors (Lipinski definition) is 10. The highest BCUT2D eigenvalue weighted by Crippen LogP contribution is 2.29. The van der Waals surface area contributed by atoms with Crippen LogP contribution in [0.2, 0.25) is 0 Å². The molecule has 0 saturated carbocycles. The highest BCUT2D eigenvalue weighted by molar-refractivity contribution is 6.08. The van der Waals surface area contributed by atoms with Gasteiger partial charge in [0.25, 0.3) is 0 Å². The zero-order chi connectivity index (χ0) is 37.9. The van der Waals surface area contributed by atoms with Gasteiger partial charge in [0.15, 0.2) is 17.5 Å². The maximum atomic E-state index is 13.7. The third kappa shape index (κ3) is 7.88. The van der Waals surface area contributed by atoms with E-state index in [2.05, 4.69) is 51.0 Å². The maximum absolute atomic E-state index is 13.7. The Morgan fingerprint density at radius 2 is 1.09 bits per heavy atom. The van der Waals surface area contributed by atoms with Crippen molar-refractivity contribution in [2.24, 2.45) is 0 Å². The lowest BCUT2D eigenvalue weighted by molar-refractivity contribution is 0.102. The summed E-state index contributed by atoms with van der Waals surface area (Å²) in [4.78, 5) is 29.9. The Hall–Kier alpha value is -7.07. The predicted octanol–water partition coefficient (Wildman–Crippen LogP) is 7.68. The van der Waals surface area contributed by atoms with Crippen LogP contribution in [0.25, 0.3) is 21.8 Å². The molecule has 0 aliphatic rings. The molecule has 0 radical (unpaired) electrons. The highest BCUT2D eigenvalue weighted by atomic mass is 19.1. The van der Waals surface area contributed by atoms with Gasteiger partial charge < -0.3 is 15.7 Å². The summed E-state index contributed by atoms with van der Waals surface area (Å²) in [7, 11) is 0. The number of aliphatic hydroxyl groups is 1. The average molecular weight is 733 g/mol. The second kappa shape index (κ2) is 14.9. The van der Waals surface area contributed by atoms with Crippen LogP contribution in [0.1, 0.15) is 45.1 Å². The molecule has 4 aromatic heterocycles. The molecule has 1 unspecified atom stereocenters. The number of rotatable bonds is 8. The minimum Gasteiger partial charge on any atom is -0.380 e. The lowest BCUT2D eigenvalue weighted by atomic mass is 10.1. The van der Waals surface area contributed by atoms with Gasteiger partial charge in [-0.05, 0) is 92.2 Å². The van der Waals surface area contributed by atoms with E-state index >= 15 is 0 Å². The number of carbonyl (C=O) groups excluding carboxylic acids is 1. The molecule has 8 rings (SSSR count). The van der Waals surface area contributed by atoms with E-state index in [-0.39, 0.29) is 23.0 Å². The van der Waals surface area contributed by atoms with Crippen LogP contribution < -0.4 is 10.6 Å². The quantitative estimate of drug-likeness (QED) is 0.0771. The smallest absolute Gasteiger partial charge is 0.230 e. The minimum absolute atomic E-state index is 0.0875. The second-order valence-electron chi connectivity index (χ2n) is 12.1. The van der Waals surface area contributed by atoms with E-state index in [0.29, 0.717) is 44.8 Å². The lowest BCUT2D eigenvalue weighted by Gasteiger charge is -2.14. The number of carbonyl (C=O) groups is 1. The summed E-state index contributed by atoms with van der Waals surface area (Å²) >= 11 is 0. The number of fused-ring (bicyclic) bond motifs is 2. The number of aliphatic hydroxyl groups excluding tert-OH is 1. The molecule has 0 spiro atoms. The van der Waals surface area contributed by atoms with Gasteiger partial charge in [0.2, 0.25) is 11.6 Å². The van der Waals surface area contributed by atoms with Gasteiger partial charge in [0.1, 0.15) is 41.0 Å². The Kier molecular flexibility index (Phi) is 9.74. The Labute approximate surface area is 303 Å². The van der Waals surface area contributed by atoms with E-state index in [1.165, 1.54) is 84.9 Å². The summed E-state index contributed by atoms with van der Waals surface area (Å²) in [5.74, 6) is -0.665. The third-order valence-electron chi connectivity index (χ3n) is 7.98. The number of benzene rings is 4. The summed E-state index contributed by atoms with van der Waals surface area (Å²) < 4.78 is 53.7. The summed E-state index contributed by atoms with van der Waals surface area (Å²) in [5.41, 5.74) is 3.21. The Morgan fingerprint density at radius 3 is 1.61 bits per heavy atom. The topological polar surface area (TPSA) is 170 Å². The summed E-state index contributed by atoms with van der Waals surface area (Å²) in [6.07, 6.45) is -1.17. The van der Waals surface area contributed by atoms with Crippen LogP contribution in [0, 0.1) is 37.1 Å². The van der Waals surface area contributed by atoms with Crippen LogP contribution in [0.4, 0.5) is 40.8 Å². The van der Waals surface area contributed by atoms with Gasteiger partial charge in [0.05, 0.1) is 11.0 Å². The van der Waals surface area contributed by atoms with Crippen LogP contribution in [-0.2, 0) is 0 Å². The number of aromatic amines is 2. The highest BCUT2D eigenvalue weighted by Gasteiger charge is 2.19. The zero-order valence-corrected chi connectivity index (χ0v) is 28.4. The largest absolute Gasteiger partial charge is 0.380 e. The molecule has 0 bridgehead atoms. The standard InChI is InChI=1S/C19H15F2N5O.C19H13F2N5O/c2*1-10-8-16(26-25-10)23-18-14-9-13(21)6-7-15(14)22-19(24-18)17(27)11-2-4-12(20)5-3-11/h2-9,17,27H,1H3,(H2,22,23,24,25,26);2-9H,1H3,(H2,22,23,24,25,26). The predicted molar refractivity (Wildman–Crippen MR) is 193 cm³/mol. The molecule has 0 aliphatic carbocycles. The van der Waals surface area contributed by atoms with Crippen molar-refractivity contribution in [2.45, 2.75) is 20.0 Å². The average Bonchev–Trinajstić information content (AvgIpc) is 3.78. The number of nitrogens with one attached hydrogen (secondary N) is 4. The molecule has 0 saturated heterocycles. The summed E-state index contributed by atoms with van der Waals surface area (Å²) in [5, 5.41) is 31.2. The number of halogens is 4. The van der Waals surface area contributed by atoms with Gasteiger partial charge in [0, 0.05) is 39.9 Å². The van der Waals surface area contributed by atoms with Gasteiger partial charge in [-0.1, -0.05) is 12.1 Å². The minimum atomic E-state index is -1.17. The first-order valence-electron chi connectivity index (χ1n) is 16.3. The zero-order valence-electron chi connectivity index (χ0n) is 28.4. The van der Waals surface area contributed by atoms with Crippen molar-refractivity contribution in [3.63, 3.8) is 0 Å². The van der Waals surface area contributed by atoms with E-state index in [1.54, 1.807) is 12.1 Å². The fourth-order valence-corrected chi connectivity index (χ4v) is 5.36. The number of aryl methyl sites for hydroxylation is 2. The molecule has 16 heteroatoms. The first kappa shape index (κ1) is 35.3. The van der Waals surface area contributed by atoms with E-state index < -0.39 is 35.2 Å². The number of anilines is 4. The van der Waals surface area contributed by atoms with Crippen molar-refractivity contribution < 1.29 is 27.5 Å². The Bertz CT molecular complexity index is 2630. The van der Waals surface area contributed by atoms with E-state index in [4.69, 9.17) is 0 Å². The molecule has 4 heterocycles. The van der Waals surface area contributed by atoms with Crippen molar-refractivity contribution >= 4 is 50.9 Å². The number of ketones is 1. The van der Waals surface area contributed by atoms with Crippen molar-refractivity contribution in [1.29, 1.82) is 0 Å². The van der Waals surface area contributed by atoms with Crippen LogP contribution in [-0.4, -0.2) is 51.2 Å². The molecule has 0 fully saturated rings. The Balaban J connectivity index is 0.000000167. The van der Waals surface area contributed by atoms with E-state index in [1.807, 2.05) is 13.8 Å². The van der Waals surface area contributed by atoms with Crippen molar-refractivity contribution in [1.82, 2.24) is 40.3 Å². The molecule has 54 heavy (non-hydrogen) atoms. The van der Waals surface area contributed by atoms with Gasteiger partial charge in [-0.25, -0.2) is 37.5 Å². The van der Waals surface area contributed by atoms with Gasteiger partial charge in [-0.15, -0.1) is 0 Å². The van der Waals surface area contributed by atoms with E-state index in [0.717, 1.165) is 11.4 Å². The number of aromatic nitrogens is 8. The SMILES string of the molecule is Cc1cc(Nc2nc(C(=O)c3ccc(F)cc3)nc3ccc(F)cc23)n[nH]1.Cc1cc(Nc2nc(C(O)c3ccc(F)cc3)nc3ccc(F)cc23)n[nH]1. The molecule has 270 valence electrons. The molecule has 8 aromatic rings. The fraction of sp³-hybridized carbons (Fsp3) is 0.0789. The molecule has 12 nitrogen and oxygen atoms in total. The van der Waals surface area contributed by atoms with Crippen LogP contribution in [0.5, 0.6) is 0 Å². The fourth-order valence-electron chi connectivity index (χ4n) is 5.36. The molecular formula is C38H28F4N10O2. The molecule has 0 amide bonds. The van der Waals surface area contributed by atoms with Gasteiger partial charge in [-0.2, -0.15) is 10.2 Å². The van der Waals surface area contributed by atoms with Crippen molar-refractivity contribution in [2.75, 3.05) is 10.6 Å². The van der Waals surface area contributed by atoms with Crippen molar-refractivity contribution in [3.8, 4) is 0 Å². The first-order valence-corrected chi connectivity index (χ1v) is 16.3. The first-order chi connectivity index (χ1) is 26.0. The third-order valence-corrected chi connectivity index (χ3v) is 7.98. The molecule has 5 N–H and O–H groups in total. The van der Waals surface area contributed by atoms with Crippen molar-refractivity contribution in [3.05, 3.63) is 154 Å². The summed E-state index contributed by atoms with van der Waals surface area (Å²) in [6.45, 7) is 3.68. The Morgan fingerprint density at radius 1 is 0.611 bits per heavy atom. The van der Waals surface area contributed by atoms with Crippen LogP contribution >= 0.6 is 0 Å². The maximum Gasteiger partial charge on any atom is 0.230 e. The lowest BCUT2D eigenvalue weighted by Crippen LogP contribution is -2.10. The normalized spacial score (nSPS) is 11.6. The summed E-state index contributed by atoms with van der Waals surface area (Å²) in [6, 6.07) is 22.1. The molecule has 4 aromatic carbocycles. The molecule has 0 aliphatic heterocycles. The number of hydrogen-bond donors (Lipinski definition) is 5. The molecular weight excluding hydrogens is 704 g/mol. The van der Waals surface area contributed by atoms with Crippen LogP contribution in [0.3, 0.4) is 0 Å². The molecule has 1 atom stereocenters. The van der Waals surface area contributed by atoms with Crippen LogP contribution in [0.15, 0.2) is 97.1 Å². The van der Waals surface area contributed by atoms with Gasteiger partial charge >= 0.3 is 0 Å². The van der Waals surface area contributed by atoms with Gasteiger partial charge in [-0.3, -0.25) is 15.0 Å². The van der Waals surface area contributed by atoms with E-state index in [9.17, 15) is 27.5 Å². The number of nitrogens with zero attached hydrogens (tertiary/aromatic N) is 6. The monoisotopic (exact) mass is 732 g/mol. The second-order valence-corrected chi connectivity index (χ2v) is 12.1. The number of H-pyrrole nitrogens is 2.